The van der Waals surface area contributed by atoms with Crippen molar-refractivity contribution in [2.75, 3.05) is 36.5 Å². The number of nitrogens with one attached hydrogen (secondary N) is 1. The molecule has 0 unspecified atom stereocenters. The number of ether oxygens (including phenoxy) is 1. The second kappa shape index (κ2) is 7.09. The Kier molecular flexibility index (Phi) is 4.50. The number of anilines is 2. The Morgan fingerprint density at radius 1 is 1.04 bits per heavy atom. The molecule has 0 aliphatic carbocycles. The minimum Gasteiger partial charge on any atom is -0.378 e. The van der Waals surface area contributed by atoms with E-state index < -0.39 is 0 Å². The van der Waals surface area contributed by atoms with Gasteiger partial charge in [-0.25, -0.2) is 9.97 Å². The molecule has 0 radical (unpaired) electrons. The quantitative estimate of drug-likeness (QED) is 0.788. The van der Waals surface area contributed by atoms with E-state index in [2.05, 4.69) is 32.3 Å². The molecule has 1 saturated heterocycles. The van der Waals surface area contributed by atoms with Crippen molar-refractivity contribution >= 4 is 28.3 Å². The predicted octanol–water partition coefficient (Wildman–Crippen LogP) is 3.09. The van der Waals surface area contributed by atoms with E-state index in [1.54, 1.807) is 6.33 Å². The summed E-state index contributed by atoms with van der Waals surface area (Å²) in [6.07, 6.45) is 1.62. The molecule has 1 aliphatic heterocycles. The molecule has 1 N–H and O–H groups in total. The molecule has 0 saturated carbocycles. The van der Waals surface area contributed by atoms with Gasteiger partial charge in [-0.15, -0.1) is 0 Å². The fraction of sp³-hybridized carbons (Fsp3) is 0.250. The highest BCUT2D eigenvalue weighted by Gasteiger charge is 2.16. The van der Waals surface area contributed by atoms with Gasteiger partial charge >= 0.3 is 0 Å². The molecule has 1 aliphatic rings. The summed E-state index contributed by atoms with van der Waals surface area (Å²) in [6, 6.07) is 14.0. The molecule has 132 valence electrons. The van der Waals surface area contributed by atoms with Crippen LogP contribution in [0, 0.1) is 0 Å². The lowest BCUT2D eigenvalue weighted by Gasteiger charge is -2.28. The first-order valence-corrected chi connectivity index (χ1v) is 8.66. The van der Waals surface area contributed by atoms with Crippen LogP contribution < -0.4 is 10.2 Å². The van der Waals surface area contributed by atoms with Gasteiger partial charge in [-0.3, -0.25) is 4.79 Å². The molecule has 26 heavy (non-hydrogen) atoms. The second-order valence-electron chi connectivity index (χ2n) is 6.29. The molecule has 4 rings (SSSR count). The van der Waals surface area contributed by atoms with Gasteiger partial charge in [0.25, 0.3) is 0 Å². The number of amides is 1. The second-order valence-corrected chi connectivity index (χ2v) is 6.29. The third-order valence-corrected chi connectivity index (χ3v) is 4.46. The number of nitrogens with zero attached hydrogens (tertiary/aromatic N) is 3. The van der Waals surface area contributed by atoms with Gasteiger partial charge in [0, 0.05) is 31.1 Å². The van der Waals surface area contributed by atoms with Crippen LogP contribution in [0.5, 0.6) is 0 Å². The minimum atomic E-state index is -0.0734. The van der Waals surface area contributed by atoms with Crippen LogP contribution in [0.2, 0.25) is 0 Å². The summed E-state index contributed by atoms with van der Waals surface area (Å²) < 4.78 is 5.45. The minimum absolute atomic E-state index is 0.0734. The smallest absolute Gasteiger partial charge is 0.221 e. The Labute approximate surface area is 151 Å². The largest absolute Gasteiger partial charge is 0.378 e. The van der Waals surface area contributed by atoms with Crippen molar-refractivity contribution in [1.29, 1.82) is 0 Å². The average molecular weight is 348 g/mol. The summed E-state index contributed by atoms with van der Waals surface area (Å²) in [5.41, 5.74) is 3.90. The van der Waals surface area contributed by atoms with Crippen LogP contribution in [-0.2, 0) is 9.53 Å². The standard InChI is InChI=1S/C20H20N4O2/c1-14(25)23-17-5-2-15(3-6-17)16-4-7-19-18(12-16)20(22-13-21-19)24-8-10-26-11-9-24/h2-7,12-13H,8-11H2,1H3,(H,23,25). The van der Waals surface area contributed by atoms with Gasteiger partial charge in [0.2, 0.25) is 5.91 Å². The van der Waals surface area contributed by atoms with Crippen LogP contribution in [0.3, 0.4) is 0 Å². The van der Waals surface area contributed by atoms with Crippen molar-refractivity contribution in [2.24, 2.45) is 0 Å². The van der Waals surface area contributed by atoms with E-state index in [1.165, 1.54) is 6.92 Å². The predicted molar refractivity (Wildman–Crippen MR) is 102 cm³/mol. The first-order chi connectivity index (χ1) is 12.7. The van der Waals surface area contributed by atoms with E-state index >= 15 is 0 Å². The zero-order chi connectivity index (χ0) is 17.9. The van der Waals surface area contributed by atoms with Crippen LogP contribution in [0.4, 0.5) is 11.5 Å². The molecule has 3 aromatic rings. The monoisotopic (exact) mass is 348 g/mol. The number of morpholine rings is 1. The van der Waals surface area contributed by atoms with Gasteiger partial charge < -0.3 is 15.0 Å². The third kappa shape index (κ3) is 3.36. The molecule has 1 amide bonds. The highest BCUT2D eigenvalue weighted by molar-refractivity contribution is 5.93. The van der Waals surface area contributed by atoms with Crippen molar-refractivity contribution in [3.8, 4) is 11.1 Å². The van der Waals surface area contributed by atoms with Crippen molar-refractivity contribution < 1.29 is 9.53 Å². The van der Waals surface area contributed by atoms with Gasteiger partial charge in [0.1, 0.15) is 12.1 Å². The Bertz CT molecular complexity index is 934. The van der Waals surface area contributed by atoms with Gasteiger partial charge in [-0.2, -0.15) is 0 Å². The van der Waals surface area contributed by atoms with Crippen molar-refractivity contribution in [3.05, 3.63) is 48.8 Å². The maximum absolute atomic E-state index is 11.2. The summed E-state index contributed by atoms with van der Waals surface area (Å²) in [6.45, 7) is 4.61. The fourth-order valence-corrected chi connectivity index (χ4v) is 3.20. The molecule has 6 heteroatoms. The van der Waals surface area contributed by atoms with Crippen LogP contribution in [0.15, 0.2) is 48.8 Å². The molecule has 1 fully saturated rings. The number of carbonyl (C=O) groups is 1. The van der Waals surface area contributed by atoms with Gasteiger partial charge in [0.05, 0.1) is 18.7 Å². The van der Waals surface area contributed by atoms with E-state index in [0.717, 1.165) is 59.8 Å². The molecule has 0 atom stereocenters. The fourth-order valence-electron chi connectivity index (χ4n) is 3.20. The zero-order valence-electron chi connectivity index (χ0n) is 14.6. The number of rotatable bonds is 3. The molecule has 0 bridgehead atoms. The number of fused-ring (bicyclic) bond motifs is 1. The summed E-state index contributed by atoms with van der Waals surface area (Å²) in [7, 11) is 0. The Balaban J connectivity index is 1.71. The van der Waals surface area contributed by atoms with E-state index in [0.29, 0.717) is 0 Å². The Morgan fingerprint density at radius 3 is 2.50 bits per heavy atom. The summed E-state index contributed by atoms with van der Waals surface area (Å²) in [5.74, 6) is 0.880. The summed E-state index contributed by atoms with van der Waals surface area (Å²) in [5, 5.41) is 3.83. The zero-order valence-corrected chi connectivity index (χ0v) is 14.6. The third-order valence-electron chi connectivity index (χ3n) is 4.46. The SMILES string of the molecule is CC(=O)Nc1ccc(-c2ccc3ncnc(N4CCOCC4)c3c2)cc1. The van der Waals surface area contributed by atoms with Gasteiger partial charge in [0.15, 0.2) is 0 Å². The van der Waals surface area contributed by atoms with Crippen molar-refractivity contribution in [2.45, 2.75) is 6.92 Å². The van der Waals surface area contributed by atoms with Crippen molar-refractivity contribution in [1.82, 2.24) is 9.97 Å². The lowest BCUT2D eigenvalue weighted by molar-refractivity contribution is -0.114. The van der Waals surface area contributed by atoms with Crippen LogP contribution in [0.1, 0.15) is 6.92 Å². The van der Waals surface area contributed by atoms with Crippen LogP contribution in [0.25, 0.3) is 22.0 Å². The number of aromatic nitrogens is 2. The highest BCUT2D eigenvalue weighted by atomic mass is 16.5. The van der Waals surface area contributed by atoms with E-state index in [-0.39, 0.29) is 5.91 Å². The van der Waals surface area contributed by atoms with Gasteiger partial charge in [-0.1, -0.05) is 18.2 Å². The van der Waals surface area contributed by atoms with Crippen LogP contribution in [-0.4, -0.2) is 42.2 Å². The molecule has 2 aromatic carbocycles. The molecule has 6 nitrogen and oxygen atoms in total. The Hall–Kier alpha value is -2.99. The Morgan fingerprint density at radius 2 is 1.77 bits per heavy atom. The molecular formula is C20H20N4O2. The highest BCUT2D eigenvalue weighted by Crippen LogP contribution is 2.29. The number of hydrogen-bond acceptors (Lipinski definition) is 5. The lowest BCUT2D eigenvalue weighted by atomic mass is 10.0. The van der Waals surface area contributed by atoms with Crippen LogP contribution >= 0.6 is 0 Å². The van der Waals surface area contributed by atoms with E-state index in [1.807, 2.05) is 30.3 Å². The normalized spacial score (nSPS) is 14.4. The van der Waals surface area contributed by atoms with Gasteiger partial charge in [-0.05, 0) is 35.4 Å². The van der Waals surface area contributed by atoms with Crippen molar-refractivity contribution in [3.63, 3.8) is 0 Å². The summed E-state index contributed by atoms with van der Waals surface area (Å²) >= 11 is 0. The van der Waals surface area contributed by atoms with E-state index in [4.69, 9.17) is 4.74 Å². The average Bonchev–Trinajstić information content (AvgIpc) is 2.68. The maximum Gasteiger partial charge on any atom is 0.221 e. The number of benzene rings is 2. The van der Waals surface area contributed by atoms with E-state index in [9.17, 15) is 4.79 Å². The lowest BCUT2D eigenvalue weighted by Crippen LogP contribution is -2.36. The summed E-state index contributed by atoms with van der Waals surface area (Å²) in [4.78, 5) is 22.3. The molecule has 0 spiro atoms. The molecular weight excluding hydrogens is 328 g/mol. The first kappa shape index (κ1) is 16.5. The number of carbonyl (C=O) groups excluding carboxylic acids is 1. The maximum atomic E-state index is 11.2. The number of hydrogen-bond donors (Lipinski definition) is 1. The molecule has 2 heterocycles. The molecule has 1 aromatic heterocycles. The first-order valence-electron chi connectivity index (χ1n) is 8.66. The topological polar surface area (TPSA) is 67.4 Å².